The minimum absolute atomic E-state index is 0.176. The van der Waals surface area contributed by atoms with Crippen LogP contribution >= 0.6 is 12.2 Å². The lowest BCUT2D eigenvalue weighted by molar-refractivity contribution is 0.0600. The predicted molar refractivity (Wildman–Crippen MR) is 133 cm³/mol. The number of nitrogens with zero attached hydrogens (tertiary/aromatic N) is 3. The second-order valence-corrected chi connectivity index (χ2v) is 8.21. The monoisotopic (exact) mass is 470 g/mol. The maximum absolute atomic E-state index is 12.5. The largest absolute Gasteiger partial charge is 0.508 e. The van der Waals surface area contributed by atoms with Crippen LogP contribution in [0.15, 0.2) is 91.3 Å². The third kappa shape index (κ3) is 3.78. The van der Waals surface area contributed by atoms with Crippen LogP contribution in [0.3, 0.4) is 0 Å². The molecule has 2 atom stereocenters. The highest BCUT2D eigenvalue weighted by Gasteiger charge is 2.42. The average Bonchev–Trinajstić information content (AvgIpc) is 3.49. The predicted octanol–water partition coefficient (Wildman–Crippen LogP) is 4.54. The number of esters is 1. The van der Waals surface area contributed by atoms with Crippen molar-refractivity contribution in [2.45, 2.75) is 12.1 Å². The van der Waals surface area contributed by atoms with Gasteiger partial charge >= 0.3 is 5.97 Å². The molecule has 1 aliphatic heterocycles. The van der Waals surface area contributed by atoms with Crippen molar-refractivity contribution in [3.8, 4) is 11.4 Å². The number of phenolic OH excluding ortho intramolecular Hbond substituents is 1. The van der Waals surface area contributed by atoms with Crippen LogP contribution < -0.4 is 10.2 Å². The molecule has 7 nitrogen and oxygen atoms in total. The first kappa shape index (κ1) is 21.7. The number of rotatable bonds is 5. The summed E-state index contributed by atoms with van der Waals surface area (Å²) in [5.41, 5.74) is 3.74. The summed E-state index contributed by atoms with van der Waals surface area (Å²) < 4.78 is 7.00. The van der Waals surface area contributed by atoms with Crippen LogP contribution in [0.1, 0.15) is 33.8 Å². The summed E-state index contributed by atoms with van der Waals surface area (Å²) in [7, 11) is 1.37. The number of carbonyl (C=O) groups is 1. The summed E-state index contributed by atoms with van der Waals surface area (Å²) in [5, 5.41) is 13.8. The molecule has 4 aromatic rings. The van der Waals surface area contributed by atoms with E-state index in [2.05, 4.69) is 10.3 Å². The van der Waals surface area contributed by atoms with Crippen LogP contribution in [-0.2, 0) is 4.74 Å². The number of aromatic hydroxyl groups is 1. The molecule has 0 bridgehead atoms. The van der Waals surface area contributed by atoms with Crippen molar-refractivity contribution >= 4 is 29.0 Å². The molecule has 1 saturated heterocycles. The van der Waals surface area contributed by atoms with Gasteiger partial charge in [-0.2, -0.15) is 0 Å². The number of pyridine rings is 1. The van der Waals surface area contributed by atoms with E-state index in [9.17, 15) is 9.90 Å². The number of para-hydroxylation sites is 1. The Hall–Kier alpha value is -4.17. The van der Waals surface area contributed by atoms with Crippen LogP contribution in [0.25, 0.3) is 5.69 Å². The van der Waals surface area contributed by atoms with Crippen molar-refractivity contribution in [3.05, 3.63) is 108 Å². The molecule has 0 spiro atoms. The van der Waals surface area contributed by atoms with Gasteiger partial charge in [0.25, 0.3) is 0 Å². The van der Waals surface area contributed by atoms with Crippen LogP contribution in [0, 0.1) is 0 Å². The molecular weight excluding hydrogens is 448 g/mol. The summed E-state index contributed by atoms with van der Waals surface area (Å²) in [6, 6.07) is 23.4. The molecule has 34 heavy (non-hydrogen) atoms. The Balaban J connectivity index is 1.69. The number of aromatic nitrogens is 2. The second kappa shape index (κ2) is 8.99. The molecule has 0 unspecified atom stereocenters. The second-order valence-electron chi connectivity index (χ2n) is 7.82. The van der Waals surface area contributed by atoms with Crippen LogP contribution in [0.4, 0.5) is 5.69 Å². The molecule has 5 rings (SSSR count). The average molecular weight is 471 g/mol. The molecular formula is C26H22N4O3S. The fourth-order valence-corrected chi connectivity index (χ4v) is 4.71. The van der Waals surface area contributed by atoms with E-state index in [1.54, 1.807) is 24.4 Å². The van der Waals surface area contributed by atoms with Gasteiger partial charge < -0.3 is 24.6 Å². The van der Waals surface area contributed by atoms with E-state index >= 15 is 0 Å². The van der Waals surface area contributed by atoms with Gasteiger partial charge in [-0.3, -0.25) is 4.98 Å². The zero-order valence-electron chi connectivity index (χ0n) is 18.3. The van der Waals surface area contributed by atoms with Gasteiger partial charge in [0.1, 0.15) is 11.8 Å². The number of hydrogen-bond acceptors (Lipinski definition) is 5. The first-order valence-corrected chi connectivity index (χ1v) is 11.1. The zero-order chi connectivity index (χ0) is 23.7. The Kier molecular flexibility index (Phi) is 5.73. The van der Waals surface area contributed by atoms with Crippen molar-refractivity contribution in [2.75, 3.05) is 12.0 Å². The third-order valence-electron chi connectivity index (χ3n) is 5.88. The summed E-state index contributed by atoms with van der Waals surface area (Å²) in [4.78, 5) is 19.1. The minimum atomic E-state index is -0.410. The number of anilines is 1. The number of carbonyl (C=O) groups excluding carboxylic acids is 1. The summed E-state index contributed by atoms with van der Waals surface area (Å²) in [6.45, 7) is 0. The van der Waals surface area contributed by atoms with Crippen molar-refractivity contribution in [2.24, 2.45) is 0 Å². The van der Waals surface area contributed by atoms with E-state index in [1.165, 1.54) is 7.11 Å². The normalized spacial score (nSPS) is 17.4. The minimum Gasteiger partial charge on any atom is -0.508 e. The van der Waals surface area contributed by atoms with Gasteiger partial charge in [0.05, 0.1) is 30.1 Å². The molecule has 2 aromatic carbocycles. The molecule has 8 heteroatoms. The molecule has 2 N–H and O–H groups in total. The topological polar surface area (TPSA) is 79.6 Å². The van der Waals surface area contributed by atoms with Gasteiger partial charge in [0.2, 0.25) is 0 Å². The number of hydrogen-bond donors (Lipinski definition) is 2. The van der Waals surface area contributed by atoms with Gasteiger partial charge in [0, 0.05) is 23.8 Å². The number of phenols is 1. The Bertz CT molecular complexity index is 1340. The van der Waals surface area contributed by atoms with Crippen LogP contribution in [0.2, 0.25) is 0 Å². The number of methoxy groups -OCH3 is 1. The maximum Gasteiger partial charge on any atom is 0.339 e. The first-order chi connectivity index (χ1) is 16.6. The Morgan fingerprint density at radius 3 is 2.53 bits per heavy atom. The van der Waals surface area contributed by atoms with Crippen LogP contribution in [-0.4, -0.2) is 32.8 Å². The van der Waals surface area contributed by atoms with E-state index in [0.29, 0.717) is 16.4 Å². The van der Waals surface area contributed by atoms with E-state index < -0.39 is 5.97 Å². The molecule has 0 amide bonds. The quantitative estimate of drug-likeness (QED) is 0.327. The maximum atomic E-state index is 12.5. The molecule has 170 valence electrons. The Labute approximate surface area is 202 Å². The van der Waals surface area contributed by atoms with E-state index in [0.717, 1.165) is 17.1 Å². The summed E-state index contributed by atoms with van der Waals surface area (Å²) in [6.07, 6.45) is 3.68. The first-order valence-electron chi connectivity index (χ1n) is 10.7. The number of benzene rings is 2. The number of nitrogens with one attached hydrogen (secondary N) is 1. The standard InChI is InChI=1S/C26H22N4O3S/c1-33-25(32)19-7-2-3-9-21(19)29-16-6-10-22(29)24-23(20-8-4-5-15-27-20)28-26(34)30(24)17-11-13-18(31)14-12-17/h2-16,23-24,31H,1H3,(H,28,34)/t23-,24+/m0/s1. The number of ether oxygens (including phenoxy) is 1. The Morgan fingerprint density at radius 2 is 1.79 bits per heavy atom. The van der Waals surface area contributed by atoms with Gasteiger partial charge in [-0.15, -0.1) is 0 Å². The number of thiocarbonyl (C=S) groups is 1. The van der Waals surface area contributed by atoms with E-state index in [1.807, 2.05) is 76.3 Å². The van der Waals surface area contributed by atoms with Crippen LogP contribution in [0.5, 0.6) is 5.75 Å². The van der Waals surface area contributed by atoms with E-state index in [4.69, 9.17) is 17.0 Å². The molecule has 0 aliphatic carbocycles. The van der Waals surface area contributed by atoms with Crippen molar-refractivity contribution in [1.82, 2.24) is 14.9 Å². The molecule has 0 radical (unpaired) electrons. The molecule has 3 heterocycles. The lowest BCUT2D eigenvalue weighted by atomic mass is 10.0. The molecule has 1 aliphatic rings. The molecule has 2 aromatic heterocycles. The van der Waals surface area contributed by atoms with Gasteiger partial charge in [-0.1, -0.05) is 18.2 Å². The third-order valence-corrected chi connectivity index (χ3v) is 6.19. The van der Waals surface area contributed by atoms with Gasteiger partial charge in [0.15, 0.2) is 5.11 Å². The van der Waals surface area contributed by atoms with Crippen molar-refractivity contribution in [1.29, 1.82) is 0 Å². The smallest absolute Gasteiger partial charge is 0.339 e. The zero-order valence-corrected chi connectivity index (χ0v) is 19.1. The fraction of sp³-hybridized carbons (Fsp3) is 0.115. The molecule has 0 saturated carbocycles. The lowest BCUT2D eigenvalue weighted by Gasteiger charge is -2.29. The highest BCUT2D eigenvalue weighted by molar-refractivity contribution is 7.80. The fourth-order valence-electron chi connectivity index (χ4n) is 4.37. The lowest BCUT2D eigenvalue weighted by Crippen LogP contribution is -2.30. The van der Waals surface area contributed by atoms with Crippen molar-refractivity contribution in [3.63, 3.8) is 0 Å². The summed E-state index contributed by atoms with van der Waals surface area (Å²) in [5.74, 6) is -0.234. The highest BCUT2D eigenvalue weighted by Crippen LogP contribution is 2.42. The Morgan fingerprint density at radius 1 is 1.03 bits per heavy atom. The molecule has 1 fully saturated rings. The van der Waals surface area contributed by atoms with Crippen molar-refractivity contribution < 1.29 is 14.6 Å². The summed E-state index contributed by atoms with van der Waals surface area (Å²) >= 11 is 5.77. The SMILES string of the molecule is COC(=O)c1ccccc1-n1cccc1[C@@H]1[C@H](c2ccccn2)NC(=S)N1c1ccc(O)cc1. The van der Waals surface area contributed by atoms with E-state index in [-0.39, 0.29) is 17.8 Å². The van der Waals surface area contributed by atoms with Gasteiger partial charge in [-0.05, 0) is 72.9 Å². The van der Waals surface area contributed by atoms with Gasteiger partial charge in [-0.25, -0.2) is 4.79 Å². The highest BCUT2D eigenvalue weighted by atomic mass is 32.1.